The number of likely N-dealkylation sites (N-methyl/N-ethyl adjacent to an activating group) is 2. The minimum Gasteiger partial charge on any atom is -0.305 e. The second-order valence-corrected chi connectivity index (χ2v) is 4.60. The zero-order valence-electron chi connectivity index (χ0n) is 10.3. The molecule has 2 heteroatoms. The molecule has 1 saturated carbocycles. The highest BCUT2D eigenvalue weighted by atomic mass is 15.2. The fraction of sp³-hybridized carbons (Fsp3) is 1.00. The van der Waals surface area contributed by atoms with Crippen molar-refractivity contribution in [1.29, 1.82) is 0 Å². The van der Waals surface area contributed by atoms with Gasteiger partial charge in [0.2, 0.25) is 0 Å². The van der Waals surface area contributed by atoms with Crippen LogP contribution in [-0.4, -0.2) is 49.1 Å². The van der Waals surface area contributed by atoms with E-state index in [1.807, 2.05) is 0 Å². The lowest BCUT2D eigenvalue weighted by molar-refractivity contribution is 0.0814. The fourth-order valence-corrected chi connectivity index (χ4v) is 2.81. The topological polar surface area (TPSA) is 6.48 Å². The van der Waals surface area contributed by atoms with Crippen LogP contribution in [0, 0.1) is 0 Å². The largest absolute Gasteiger partial charge is 0.305 e. The summed E-state index contributed by atoms with van der Waals surface area (Å²) < 4.78 is 0. The smallest absolute Gasteiger partial charge is 0.0251 e. The van der Waals surface area contributed by atoms with E-state index in [4.69, 9.17) is 0 Å². The highest BCUT2D eigenvalue weighted by Crippen LogP contribution is 2.25. The van der Waals surface area contributed by atoms with Gasteiger partial charge in [0.1, 0.15) is 0 Å². The molecule has 0 aromatic heterocycles. The molecule has 0 spiro atoms. The van der Waals surface area contributed by atoms with Crippen LogP contribution in [0.1, 0.15) is 39.5 Å². The second kappa shape index (κ2) is 5.72. The predicted molar refractivity (Wildman–Crippen MR) is 62.7 cm³/mol. The molecule has 0 saturated heterocycles. The van der Waals surface area contributed by atoms with Crippen LogP contribution in [0.3, 0.4) is 0 Å². The van der Waals surface area contributed by atoms with Crippen molar-refractivity contribution in [3.05, 3.63) is 0 Å². The van der Waals surface area contributed by atoms with Crippen molar-refractivity contribution in [2.24, 2.45) is 0 Å². The quantitative estimate of drug-likeness (QED) is 0.683. The highest BCUT2D eigenvalue weighted by Gasteiger charge is 2.29. The monoisotopic (exact) mass is 198 g/mol. The first kappa shape index (κ1) is 12.0. The Kier molecular flexibility index (Phi) is 4.90. The van der Waals surface area contributed by atoms with E-state index in [1.54, 1.807) is 0 Å². The maximum atomic E-state index is 2.63. The molecule has 0 N–H and O–H groups in total. The molecular formula is C12H26N2. The van der Waals surface area contributed by atoms with E-state index in [0.717, 1.165) is 12.1 Å². The van der Waals surface area contributed by atoms with Crippen molar-refractivity contribution in [3.63, 3.8) is 0 Å². The van der Waals surface area contributed by atoms with E-state index in [-0.39, 0.29) is 0 Å². The molecule has 1 rings (SSSR count). The summed E-state index contributed by atoms with van der Waals surface area (Å²) in [6.45, 7) is 6.96. The molecule has 0 heterocycles. The maximum Gasteiger partial charge on any atom is 0.0251 e. The molecule has 0 bridgehead atoms. The number of nitrogens with zero attached hydrogens (tertiary/aromatic N) is 2. The first-order chi connectivity index (χ1) is 6.70. The Hall–Kier alpha value is -0.0800. The molecule has 1 aliphatic carbocycles. The minimum atomic E-state index is 0.781. The van der Waals surface area contributed by atoms with Crippen molar-refractivity contribution in [2.75, 3.05) is 27.2 Å². The lowest BCUT2D eigenvalue weighted by Gasteiger charge is -2.42. The second-order valence-electron chi connectivity index (χ2n) is 4.60. The average Bonchev–Trinajstić information content (AvgIpc) is 2.20. The van der Waals surface area contributed by atoms with Crippen LogP contribution in [0.2, 0.25) is 0 Å². The van der Waals surface area contributed by atoms with Crippen LogP contribution in [-0.2, 0) is 0 Å². The van der Waals surface area contributed by atoms with Crippen molar-refractivity contribution in [3.8, 4) is 0 Å². The Morgan fingerprint density at radius 3 is 1.86 bits per heavy atom. The molecule has 0 amide bonds. The van der Waals surface area contributed by atoms with Gasteiger partial charge >= 0.3 is 0 Å². The Morgan fingerprint density at radius 2 is 1.43 bits per heavy atom. The Morgan fingerprint density at radius 1 is 0.929 bits per heavy atom. The van der Waals surface area contributed by atoms with Crippen LogP contribution < -0.4 is 0 Å². The van der Waals surface area contributed by atoms with Gasteiger partial charge < -0.3 is 4.90 Å². The van der Waals surface area contributed by atoms with E-state index in [9.17, 15) is 0 Å². The summed E-state index contributed by atoms with van der Waals surface area (Å²) >= 11 is 0. The molecule has 0 aromatic rings. The predicted octanol–water partition coefficient (Wildman–Crippen LogP) is 2.20. The molecule has 2 atom stereocenters. The van der Waals surface area contributed by atoms with E-state index >= 15 is 0 Å². The van der Waals surface area contributed by atoms with Gasteiger partial charge in [0.25, 0.3) is 0 Å². The van der Waals surface area contributed by atoms with Gasteiger partial charge in [-0.3, -0.25) is 4.90 Å². The SMILES string of the molecule is CCN(CC)C1CCCC[C@H]1N(C)C. The Balaban J connectivity index is 2.61. The maximum absolute atomic E-state index is 2.63. The zero-order chi connectivity index (χ0) is 10.6. The number of hydrogen-bond donors (Lipinski definition) is 0. The molecule has 1 fully saturated rings. The standard InChI is InChI=1S/C12H26N2/c1-5-14(6-2)12-10-8-7-9-11(12)13(3)4/h11-12H,5-10H2,1-4H3/t11-,12?/m1/s1. The van der Waals surface area contributed by atoms with E-state index < -0.39 is 0 Å². The van der Waals surface area contributed by atoms with Crippen LogP contribution in [0.25, 0.3) is 0 Å². The normalized spacial score (nSPS) is 28.7. The van der Waals surface area contributed by atoms with Crippen LogP contribution in [0.5, 0.6) is 0 Å². The molecule has 2 nitrogen and oxygen atoms in total. The van der Waals surface area contributed by atoms with Crippen molar-refractivity contribution in [2.45, 2.75) is 51.6 Å². The lowest BCUT2D eigenvalue weighted by Crippen LogP contribution is -2.51. The molecule has 0 aliphatic heterocycles. The fourth-order valence-electron chi connectivity index (χ4n) is 2.81. The molecular weight excluding hydrogens is 172 g/mol. The summed E-state index contributed by atoms with van der Waals surface area (Å²) in [7, 11) is 4.46. The highest BCUT2D eigenvalue weighted by molar-refractivity contribution is 4.87. The van der Waals surface area contributed by atoms with Crippen LogP contribution in [0.15, 0.2) is 0 Å². The summed E-state index contributed by atoms with van der Waals surface area (Å²) in [4.78, 5) is 5.05. The number of rotatable bonds is 4. The van der Waals surface area contributed by atoms with Crippen molar-refractivity contribution in [1.82, 2.24) is 9.80 Å². The van der Waals surface area contributed by atoms with Crippen LogP contribution >= 0.6 is 0 Å². The van der Waals surface area contributed by atoms with Crippen molar-refractivity contribution >= 4 is 0 Å². The van der Waals surface area contributed by atoms with Gasteiger partial charge in [0.05, 0.1) is 0 Å². The van der Waals surface area contributed by atoms with E-state index in [1.165, 1.54) is 38.8 Å². The lowest BCUT2D eigenvalue weighted by atomic mass is 9.88. The Bertz CT molecular complexity index is 152. The summed E-state index contributed by atoms with van der Waals surface area (Å²) in [6, 6.07) is 1.58. The third kappa shape index (κ3) is 2.71. The van der Waals surface area contributed by atoms with Gasteiger partial charge in [0, 0.05) is 12.1 Å². The summed E-state index contributed by atoms with van der Waals surface area (Å²) in [5.74, 6) is 0. The first-order valence-corrected chi connectivity index (χ1v) is 6.11. The molecule has 1 aliphatic rings. The van der Waals surface area contributed by atoms with Crippen molar-refractivity contribution < 1.29 is 0 Å². The molecule has 0 radical (unpaired) electrons. The first-order valence-electron chi connectivity index (χ1n) is 6.11. The summed E-state index contributed by atoms with van der Waals surface area (Å²) in [6.07, 6.45) is 5.62. The van der Waals surface area contributed by atoms with Gasteiger partial charge in [-0.2, -0.15) is 0 Å². The molecule has 0 aromatic carbocycles. The van der Waals surface area contributed by atoms with Crippen LogP contribution in [0.4, 0.5) is 0 Å². The summed E-state index contributed by atoms with van der Waals surface area (Å²) in [5, 5.41) is 0. The third-order valence-electron chi connectivity index (χ3n) is 3.64. The average molecular weight is 198 g/mol. The van der Waals surface area contributed by atoms with Gasteiger partial charge in [-0.1, -0.05) is 26.7 Å². The van der Waals surface area contributed by atoms with Gasteiger partial charge in [-0.25, -0.2) is 0 Å². The molecule has 1 unspecified atom stereocenters. The van der Waals surface area contributed by atoms with Gasteiger partial charge in [-0.15, -0.1) is 0 Å². The third-order valence-corrected chi connectivity index (χ3v) is 3.64. The molecule has 84 valence electrons. The zero-order valence-corrected chi connectivity index (χ0v) is 10.3. The molecule has 14 heavy (non-hydrogen) atoms. The van der Waals surface area contributed by atoms with E-state index in [2.05, 4.69) is 37.7 Å². The summed E-state index contributed by atoms with van der Waals surface area (Å²) in [5.41, 5.74) is 0. The van der Waals surface area contributed by atoms with E-state index in [0.29, 0.717) is 0 Å². The van der Waals surface area contributed by atoms with Gasteiger partial charge in [-0.05, 0) is 40.0 Å². The van der Waals surface area contributed by atoms with Gasteiger partial charge in [0.15, 0.2) is 0 Å². The Labute approximate surface area is 89.3 Å². The number of hydrogen-bond acceptors (Lipinski definition) is 2. The minimum absolute atomic E-state index is 0.781.